The maximum atomic E-state index is 12.0. The Hall–Kier alpha value is -1.58. The third kappa shape index (κ3) is 2.40. The van der Waals surface area contributed by atoms with Gasteiger partial charge in [-0.2, -0.15) is 0 Å². The van der Waals surface area contributed by atoms with Crippen LogP contribution in [0.1, 0.15) is 49.0 Å². The van der Waals surface area contributed by atoms with Gasteiger partial charge in [0.15, 0.2) is 0 Å². The fourth-order valence-electron chi connectivity index (χ4n) is 2.62. The minimum absolute atomic E-state index is 0.134. The number of pyridine rings is 1. The number of carbonyl (C=O) groups is 1. The minimum Gasteiger partial charge on any atom is -0.477 e. The average Bonchev–Trinajstić information content (AvgIpc) is 2.29. The largest absolute Gasteiger partial charge is 0.477 e. The van der Waals surface area contributed by atoms with Crippen LogP contribution in [0.4, 0.5) is 0 Å². The highest BCUT2D eigenvalue weighted by Gasteiger charge is 2.22. The van der Waals surface area contributed by atoms with E-state index in [2.05, 4.69) is 6.92 Å². The Morgan fingerprint density at radius 1 is 1.47 bits per heavy atom. The number of rotatable bonds is 2. The van der Waals surface area contributed by atoms with Crippen molar-refractivity contribution in [3.8, 4) is 0 Å². The van der Waals surface area contributed by atoms with Gasteiger partial charge in [-0.1, -0.05) is 19.8 Å². The SMILES string of the molecule is C[C@H]1CCC[C@H](n2cccc(C(=O)O)c2=O)C1. The monoisotopic (exact) mass is 235 g/mol. The number of nitrogens with zero attached hydrogens (tertiary/aromatic N) is 1. The number of carboxylic acids is 1. The molecule has 1 aromatic rings. The first-order chi connectivity index (χ1) is 8.09. The number of aromatic carboxylic acids is 1. The van der Waals surface area contributed by atoms with Gasteiger partial charge in [-0.3, -0.25) is 4.79 Å². The van der Waals surface area contributed by atoms with E-state index in [0.29, 0.717) is 5.92 Å². The molecule has 0 amide bonds. The molecule has 0 bridgehead atoms. The zero-order valence-corrected chi connectivity index (χ0v) is 9.93. The van der Waals surface area contributed by atoms with E-state index in [1.807, 2.05) is 0 Å². The van der Waals surface area contributed by atoms with E-state index >= 15 is 0 Å². The van der Waals surface area contributed by atoms with Crippen molar-refractivity contribution in [2.24, 2.45) is 5.92 Å². The van der Waals surface area contributed by atoms with Crippen molar-refractivity contribution in [3.05, 3.63) is 34.2 Å². The van der Waals surface area contributed by atoms with E-state index in [4.69, 9.17) is 5.11 Å². The van der Waals surface area contributed by atoms with E-state index in [-0.39, 0.29) is 17.2 Å². The second kappa shape index (κ2) is 4.73. The second-order valence-electron chi connectivity index (χ2n) is 4.87. The van der Waals surface area contributed by atoms with Crippen LogP contribution in [-0.4, -0.2) is 15.6 Å². The molecule has 92 valence electrons. The number of hydrogen-bond acceptors (Lipinski definition) is 2. The predicted octanol–water partition coefficient (Wildman–Crippen LogP) is 2.30. The summed E-state index contributed by atoms with van der Waals surface area (Å²) >= 11 is 0. The highest BCUT2D eigenvalue weighted by molar-refractivity contribution is 5.86. The van der Waals surface area contributed by atoms with Crippen molar-refractivity contribution in [1.29, 1.82) is 0 Å². The fourth-order valence-corrected chi connectivity index (χ4v) is 2.62. The first-order valence-corrected chi connectivity index (χ1v) is 6.04. The van der Waals surface area contributed by atoms with Gasteiger partial charge in [0.2, 0.25) is 0 Å². The molecule has 0 aliphatic heterocycles. The van der Waals surface area contributed by atoms with Crippen molar-refractivity contribution in [2.45, 2.75) is 38.6 Å². The van der Waals surface area contributed by atoms with Crippen LogP contribution in [0, 0.1) is 5.92 Å². The zero-order chi connectivity index (χ0) is 12.4. The van der Waals surface area contributed by atoms with Crippen molar-refractivity contribution in [3.63, 3.8) is 0 Å². The zero-order valence-electron chi connectivity index (χ0n) is 9.93. The lowest BCUT2D eigenvalue weighted by molar-refractivity contribution is 0.0693. The molecule has 4 heteroatoms. The Bertz CT molecular complexity index is 478. The molecule has 1 N–H and O–H groups in total. The van der Waals surface area contributed by atoms with Crippen LogP contribution < -0.4 is 5.56 Å². The summed E-state index contributed by atoms with van der Waals surface area (Å²) in [5, 5.41) is 8.93. The Morgan fingerprint density at radius 3 is 2.88 bits per heavy atom. The lowest BCUT2D eigenvalue weighted by Crippen LogP contribution is -2.31. The summed E-state index contributed by atoms with van der Waals surface area (Å²) in [7, 11) is 0. The molecule has 0 spiro atoms. The topological polar surface area (TPSA) is 59.3 Å². The average molecular weight is 235 g/mol. The van der Waals surface area contributed by atoms with E-state index in [1.54, 1.807) is 16.8 Å². The van der Waals surface area contributed by atoms with Gasteiger partial charge in [0.05, 0.1) is 0 Å². The van der Waals surface area contributed by atoms with E-state index in [1.165, 1.54) is 12.5 Å². The second-order valence-corrected chi connectivity index (χ2v) is 4.87. The number of carboxylic acid groups (broad SMARTS) is 1. The van der Waals surface area contributed by atoms with Crippen molar-refractivity contribution in [1.82, 2.24) is 4.57 Å². The molecule has 0 aromatic carbocycles. The quantitative estimate of drug-likeness (QED) is 0.855. The molecule has 1 fully saturated rings. The highest BCUT2D eigenvalue weighted by Crippen LogP contribution is 2.31. The molecule has 1 aliphatic carbocycles. The van der Waals surface area contributed by atoms with E-state index < -0.39 is 5.97 Å². The minimum atomic E-state index is -1.15. The lowest BCUT2D eigenvalue weighted by atomic mass is 9.87. The standard InChI is InChI=1S/C13H17NO3/c1-9-4-2-5-10(8-9)14-7-3-6-11(12(14)15)13(16)17/h3,6-7,9-10H,2,4-5,8H2,1H3,(H,16,17)/t9-,10-/m0/s1. The Labute approximate surface area is 99.9 Å². The van der Waals surface area contributed by atoms with Gasteiger partial charge in [-0.25, -0.2) is 4.79 Å². The molecule has 17 heavy (non-hydrogen) atoms. The van der Waals surface area contributed by atoms with Gasteiger partial charge < -0.3 is 9.67 Å². The molecule has 1 aliphatic rings. The number of hydrogen-bond donors (Lipinski definition) is 1. The molecule has 1 heterocycles. The summed E-state index contributed by atoms with van der Waals surface area (Å²) in [5.41, 5.74) is -0.509. The smallest absolute Gasteiger partial charge is 0.341 e. The van der Waals surface area contributed by atoms with E-state index in [9.17, 15) is 9.59 Å². The van der Waals surface area contributed by atoms with E-state index in [0.717, 1.165) is 19.3 Å². The molecular formula is C13H17NO3. The Morgan fingerprint density at radius 2 is 2.24 bits per heavy atom. The Kier molecular flexibility index (Phi) is 3.31. The Balaban J connectivity index is 2.35. The molecule has 1 saturated carbocycles. The van der Waals surface area contributed by atoms with Crippen molar-refractivity contribution < 1.29 is 9.90 Å². The third-order valence-electron chi connectivity index (χ3n) is 3.51. The maximum Gasteiger partial charge on any atom is 0.341 e. The molecule has 2 rings (SSSR count). The van der Waals surface area contributed by atoms with Crippen LogP contribution in [0.2, 0.25) is 0 Å². The van der Waals surface area contributed by atoms with Crippen LogP contribution >= 0.6 is 0 Å². The highest BCUT2D eigenvalue weighted by atomic mass is 16.4. The van der Waals surface area contributed by atoms with Gasteiger partial charge in [-0.05, 0) is 30.9 Å². The summed E-state index contributed by atoms with van der Waals surface area (Å²) in [6.07, 6.45) is 5.94. The third-order valence-corrected chi connectivity index (χ3v) is 3.51. The van der Waals surface area contributed by atoms with Gasteiger partial charge >= 0.3 is 5.97 Å². The molecule has 2 atom stereocenters. The van der Waals surface area contributed by atoms with Crippen LogP contribution in [0.5, 0.6) is 0 Å². The summed E-state index contributed by atoms with van der Waals surface area (Å²) < 4.78 is 1.60. The summed E-state index contributed by atoms with van der Waals surface area (Å²) in [6.45, 7) is 2.18. The summed E-state index contributed by atoms with van der Waals surface area (Å²) in [6, 6.07) is 3.17. The van der Waals surface area contributed by atoms with Crippen molar-refractivity contribution in [2.75, 3.05) is 0 Å². The first-order valence-electron chi connectivity index (χ1n) is 6.04. The lowest BCUT2D eigenvalue weighted by Gasteiger charge is -2.28. The van der Waals surface area contributed by atoms with Crippen LogP contribution in [0.3, 0.4) is 0 Å². The summed E-state index contributed by atoms with van der Waals surface area (Å²) in [4.78, 5) is 22.9. The van der Waals surface area contributed by atoms with Crippen molar-refractivity contribution >= 4 is 5.97 Å². The number of aromatic nitrogens is 1. The van der Waals surface area contributed by atoms with Gasteiger partial charge in [0.1, 0.15) is 5.56 Å². The molecule has 0 radical (unpaired) electrons. The van der Waals surface area contributed by atoms with Gasteiger partial charge in [0, 0.05) is 12.2 Å². The molecule has 0 unspecified atom stereocenters. The van der Waals surface area contributed by atoms with Gasteiger partial charge in [-0.15, -0.1) is 0 Å². The van der Waals surface area contributed by atoms with Crippen LogP contribution in [0.15, 0.2) is 23.1 Å². The first kappa shape index (κ1) is 11.9. The summed E-state index contributed by atoms with van der Waals surface area (Å²) in [5.74, 6) is -0.539. The molecular weight excluding hydrogens is 218 g/mol. The maximum absolute atomic E-state index is 12.0. The molecule has 4 nitrogen and oxygen atoms in total. The predicted molar refractivity (Wildman–Crippen MR) is 64.3 cm³/mol. The molecule has 1 aromatic heterocycles. The normalized spacial score (nSPS) is 24.5. The molecule has 0 saturated heterocycles. The van der Waals surface area contributed by atoms with Crippen LogP contribution in [-0.2, 0) is 0 Å². The van der Waals surface area contributed by atoms with Crippen LogP contribution in [0.25, 0.3) is 0 Å². The fraction of sp³-hybridized carbons (Fsp3) is 0.538. The van der Waals surface area contributed by atoms with Gasteiger partial charge in [0.25, 0.3) is 5.56 Å².